The molecule has 0 bridgehead atoms. The van der Waals surface area contributed by atoms with Crippen molar-refractivity contribution >= 4 is 12.4 Å². The summed E-state index contributed by atoms with van der Waals surface area (Å²) in [6, 6.07) is 3.61. The first-order valence-electron chi connectivity index (χ1n) is 3.93. The van der Waals surface area contributed by atoms with Crippen LogP contribution in [0, 0.1) is 0 Å². The molecule has 0 aliphatic carbocycles. The predicted molar refractivity (Wildman–Crippen MR) is 53.1 cm³/mol. The highest BCUT2D eigenvalue weighted by Gasteiger charge is 2.34. The zero-order valence-corrected chi connectivity index (χ0v) is 8.78. The Morgan fingerprint density at radius 2 is 1.93 bits per heavy atom. The Kier molecular flexibility index (Phi) is 4.90. The number of halogens is 4. The standard InChI is InChI=1S/C9H10F3NO.ClH/c1-14-8-4-6(5-13)2-3-7(8)9(10,11)12;/h2-4H,5,13H2,1H3;1H. The van der Waals surface area contributed by atoms with E-state index in [1.807, 2.05) is 0 Å². The van der Waals surface area contributed by atoms with Crippen LogP contribution in [0.1, 0.15) is 11.1 Å². The second-order valence-corrected chi connectivity index (χ2v) is 2.74. The summed E-state index contributed by atoms with van der Waals surface area (Å²) in [5, 5.41) is 0. The van der Waals surface area contributed by atoms with Crippen molar-refractivity contribution in [3.8, 4) is 5.75 Å². The van der Waals surface area contributed by atoms with Gasteiger partial charge in [0.25, 0.3) is 0 Å². The summed E-state index contributed by atoms with van der Waals surface area (Å²) < 4.78 is 41.7. The minimum absolute atomic E-state index is 0. The smallest absolute Gasteiger partial charge is 0.419 e. The van der Waals surface area contributed by atoms with Gasteiger partial charge in [-0.25, -0.2) is 0 Å². The van der Waals surface area contributed by atoms with Crippen LogP contribution in [0.4, 0.5) is 13.2 Å². The molecule has 0 spiro atoms. The van der Waals surface area contributed by atoms with Gasteiger partial charge >= 0.3 is 6.18 Å². The molecule has 0 saturated heterocycles. The van der Waals surface area contributed by atoms with Crippen LogP contribution in [0.15, 0.2) is 18.2 Å². The van der Waals surface area contributed by atoms with Crippen LogP contribution >= 0.6 is 12.4 Å². The van der Waals surface area contributed by atoms with Gasteiger partial charge in [0.1, 0.15) is 5.75 Å². The van der Waals surface area contributed by atoms with E-state index in [0.29, 0.717) is 5.56 Å². The highest BCUT2D eigenvalue weighted by molar-refractivity contribution is 5.85. The van der Waals surface area contributed by atoms with E-state index in [9.17, 15) is 13.2 Å². The maximum atomic E-state index is 12.4. The molecule has 2 nitrogen and oxygen atoms in total. The van der Waals surface area contributed by atoms with Crippen LogP contribution in [0.25, 0.3) is 0 Å². The van der Waals surface area contributed by atoms with Crippen molar-refractivity contribution in [3.63, 3.8) is 0 Å². The van der Waals surface area contributed by atoms with E-state index in [1.54, 1.807) is 0 Å². The lowest BCUT2D eigenvalue weighted by Crippen LogP contribution is -2.08. The van der Waals surface area contributed by atoms with Crippen molar-refractivity contribution in [2.24, 2.45) is 5.73 Å². The van der Waals surface area contributed by atoms with Crippen LogP contribution in [0.3, 0.4) is 0 Å². The third-order valence-corrected chi connectivity index (χ3v) is 1.81. The molecule has 0 fully saturated rings. The van der Waals surface area contributed by atoms with E-state index >= 15 is 0 Å². The third-order valence-electron chi connectivity index (χ3n) is 1.81. The van der Waals surface area contributed by atoms with Gasteiger partial charge in [0, 0.05) is 6.54 Å². The molecule has 0 atom stereocenters. The molecule has 0 heterocycles. The normalized spacial score (nSPS) is 10.7. The lowest BCUT2D eigenvalue weighted by Gasteiger charge is -2.12. The summed E-state index contributed by atoms with van der Waals surface area (Å²) in [7, 11) is 1.20. The fourth-order valence-electron chi connectivity index (χ4n) is 1.10. The van der Waals surface area contributed by atoms with E-state index in [0.717, 1.165) is 6.07 Å². The first kappa shape index (κ1) is 14.1. The van der Waals surface area contributed by atoms with Gasteiger partial charge in [-0.1, -0.05) is 6.07 Å². The van der Waals surface area contributed by atoms with Crippen molar-refractivity contribution in [3.05, 3.63) is 29.3 Å². The van der Waals surface area contributed by atoms with E-state index in [4.69, 9.17) is 5.73 Å². The van der Waals surface area contributed by atoms with Crippen LogP contribution < -0.4 is 10.5 Å². The van der Waals surface area contributed by atoms with Gasteiger partial charge in [-0.05, 0) is 17.7 Å². The van der Waals surface area contributed by atoms with Gasteiger partial charge in [-0.3, -0.25) is 0 Å². The Balaban J connectivity index is 0.00000196. The zero-order chi connectivity index (χ0) is 10.8. The van der Waals surface area contributed by atoms with Crippen LogP contribution in [-0.2, 0) is 12.7 Å². The van der Waals surface area contributed by atoms with Crippen molar-refractivity contribution in [1.29, 1.82) is 0 Å². The average Bonchev–Trinajstić information content (AvgIpc) is 2.15. The molecule has 1 rings (SSSR count). The predicted octanol–water partition coefficient (Wildman–Crippen LogP) is 2.59. The largest absolute Gasteiger partial charge is 0.496 e. The zero-order valence-electron chi connectivity index (χ0n) is 7.97. The quantitative estimate of drug-likeness (QED) is 0.864. The summed E-state index contributed by atoms with van der Waals surface area (Å²) in [5.41, 5.74) is 5.12. The molecule has 1 aromatic carbocycles. The Morgan fingerprint density at radius 3 is 2.33 bits per heavy atom. The van der Waals surface area contributed by atoms with E-state index < -0.39 is 11.7 Å². The van der Waals surface area contributed by atoms with Crippen LogP contribution in [-0.4, -0.2) is 7.11 Å². The number of alkyl halides is 3. The molecule has 0 radical (unpaired) electrons. The van der Waals surface area contributed by atoms with Gasteiger partial charge in [0.2, 0.25) is 0 Å². The fourth-order valence-corrected chi connectivity index (χ4v) is 1.10. The molecule has 0 aliphatic heterocycles. The second-order valence-electron chi connectivity index (χ2n) is 2.74. The highest BCUT2D eigenvalue weighted by Crippen LogP contribution is 2.36. The Labute approximate surface area is 91.6 Å². The molecule has 1 aromatic rings. The SMILES string of the molecule is COc1cc(CN)ccc1C(F)(F)F.Cl. The van der Waals surface area contributed by atoms with Gasteiger partial charge < -0.3 is 10.5 Å². The maximum absolute atomic E-state index is 12.4. The van der Waals surface area contributed by atoms with Crippen molar-refractivity contribution in [2.75, 3.05) is 7.11 Å². The van der Waals surface area contributed by atoms with Crippen LogP contribution in [0.5, 0.6) is 5.75 Å². The Morgan fingerprint density at radius 1 is 1.33 bits per heavy atom. The second kappa shape index (κ2) is 5.23. The first-order chi connectivity index (χ1) is 6.49. The number of ether oxygens (including phenoxy) is 1. The summed E-state index contributed by atoms with van der Waals surface area (Å²) in [6.45, 7) is 0.189. The molecule has 0 saturated carbocycles. The number of benzene rings is 1. The van der Waals surface area contributed by atoms with E-state index in [1.165, 1.54) is 19.2 Å². The number of nitrogens with two attached hydrogens (primary N) is 1. The van der Waals surface area contributed by atoms with Gasteiger partial charge in [0.15, 0.2) is 0 Å². The number of hydrogen-bond donors (Lipinski definition) is 1. The minimum Gasteiger partial charge on any atom is -0.496 e. The Hall–Kier alpha value is -0.940. The van der Waals surface area contributed by atoms with Crippen molar-refractivity contribution < 1.29 is 17.9 Å². The lowest BCUT2D eigenvalue weighted by molar-refractivity contribution is -0.138. The summed E-state index contributed by atoms with van der Waals surface area (Å²) >= 11 is 0. The summed E-state index contributed by atoms with van der Waals surface area (Å²) in [5.74, 6) is -0.194. The molecular weight excluding hydrogens is 231 g/mol. The third kappa shape index (κ3) is 3.28. The topological polar surface area (TPSA) is 35.2 Å². The minimum atomic E-state index is -4.39. The van der Waals surface area contributed by atoms with Crippen molar-refractivity contribution in [1.82, 2.24) is 0 Å². The van der Waals surface area contributed by atoms with Gasteiger partial charge in [-0.2, -0.15) is 13.2 Å². The molecule has 0 unspecified atom stereocenters. The Bertz CT molecular complexity index is 328. The maximum Gasteiger partial charge on any atom is 0.419 e. The molecule has 6 heteroatoms. The number of hydrogen-bond acceptors (Lipinski definition) is 2. The van der Waals surface area contributed by atoms with Crippen LogP contribution in [0.2, 0.25) is 0 Å². The monoisotopic (exact) mass is 241 g/mol. The summed E-state index contributed by atoms with van der Waals surface area (Å²) in [4.78, 5) is 0. The van der Waals surface area contributed by atoms with Gasteiger partial charge in [-0.15, -0.1) is 12.4 Å². The molecule has 2 N–H and O–H groups in total. The number of methoxy groups -OCH3 is 1. The fraction of sp³-hybridized carbons (Fsp3) is 0.333. The molecular formula is C9H11ClF3NO. The van der Waals surface area contributed by atoms with Crippen molar-refractivity contribution in [2.45, 2.75) is 12.7 Å². The summed E-state index contributed by atoms with van der Waals surface area (Å²) in [6.07, 6.45) is -4.39. The van der Waals surface area contributed by atoms with E-state index in [-0.39, 0.29) is 24.7 Å². The first-order valence-corrected chi connectivity index (χ1v) is 3.93. The average molecular weight is 242 g/mol. The molecule has 0 aliphatic rings. The molecule has 15 heavy (non-hydrogen) atoms. The van der Waals surface area contributed by atoms with Gasteiger partial charge in [0.05, 0.1) is 12.7 Å². The molecule has 0 aromatic heterocycles. The molecule has 86 valence electrons. The lowest BCUT2D eigenvalue weighted by atomic mass is 10.1. The molecule has 0 amide bonds. The van der Waals surface area contributed by atoms with E-state index in [2.05, 4.69) is 4.74 Å². The highest BCUT2D eigenvalue weighted by atomic mass is 35.5. The number of rotatable bonds is 2.